The Morgan fingerprint density at radius 2 is 1.94 bits per heavy atom. The molecule has 1 amide bonds. The van der Waals surface area contributed by atoms with Crippen molar-refractivity contribution in [3.63, 3.8) is 0 Å². The van der Waals surface area contributed by atoms with E-state index in [0.717, 1.165) is 12.8 Å². The average Bonchev–Trinajstić information content (AvgIpc) is 2.25. The van der Waals surface area contributed by atoms with Crippen molar-refractivity contribution in [1.29, 1.82) is 0 Å². The van der Waals surface area contributed by atoms with Crippen molar-refractivity contribution in [2.75, 3.05) is 18.8 Å². The minimum atomic E-state index is -4.33. The topological polar surface area (TPSA) is 46.3 Å². The lowest BCUT2D eigenvalue weighted by Crippen LogP contribution is -2.43. The summed E-state index contributed by atoms with van der Waals surface area (Å²) in [4.78, 5) is 13.0. The van der Waals surface area contributed by atoms with Crippen LogP contribution in [0.2, 0.25) is 0 Å². The normalized spacial score (nSPS) is 19.3. The van der Waals surface area contributed by atoms with Gasteiger partial charge >= 0.3 is 5.51 Å². The summed E-state index contributed by atoms with van der Waals surface area (Å²) in [6.45, 7) is 2.95. The Bertz CT molecular complexity index is 268. The minimum absolute atomic E-state index is 0. The Morgan fingerprint density at radius 3 is 2.33 bits per heavy atom. The lowest BCUT2D eigenvalue weighted by molar-refractivity contribution is -0.130. The van der Waals surface area contributed by atoms with Gasteiger partial charge in [-0.1, -0.05) is 0 Å². The highest BCUT2D eigenvalue weighted by atomic mass is 35.5. The standard InChI is InChI=1S/C10H17F3N2OS.ClH/c1-7(14)8-2-4-15(5-3-8)9(16)6-17-10(11,12)13;/h7-8H,2-6,14H2,1H3;1H. The van der Waals surface area contributed by atoms with Crippen molar-refractivity contribution >= 4 is 30.1 Å². The van der Waals surface area contributed by atoms with E-state index >= 15 is 0 Å². The number of rotatable bonds is 3. The molecule has 18 heavy (non-hydrogen) atoms. The summed E-state index contributed by atoms with van der Waals surface area (Å²) in [5, 5.41) is 0. The molecule has 1 rings (SSSR count). The molecule has 8 heteroatoms. The second-order valence-corrected chi connectivity index (χ2v) is 5.35. The van der Waals surface area contributed by atoms with Gasteiger partial charge in [0.2, 0.25) is 5.91 Å². The number of likely N-dealkylation sites (tertiary alicyclic amines) is 1. The quantitative estimate of drug-likeness (QED) is 0.870. The van der Waals surface area contributed by atoms with Crippen LogP contribution >= 0.6 is 24.2 Å². The van der Waals surface area contributed by atoms with E-state index < -0.39 is 17.2 Å². The van der Waals surface area contributed by atoms with E-state index in [-0.39, 0.29) is 30.2 Å². The van der Waals surface area contributed by atoms with Crippen molar-refractivity contribution in [2.24, 2.45) is 11.7 Å². The summed E-state index contributed by atoms with van der Waals surface area (Å²) in [6.07, 6.45) is 1.56. The van der Waals surface area contributed by atoms with E-state index in [4.69, 9.17) is 5.73 Å². The largest absolute Gasteiger partial charge is 0.442 e. The van der Waals surface area contributed by atoms with Gasteiger partial charge in [0.25, 0.3) is 0 Å². The smallest absolute Gasteiger partial charge is 0.342 e. The van der Waals surface area contributed by atoms with Crippen molar-refractivity contribution in [2.45, 2.75) is 31.3 Å². The van der Waals surface area contributed by atoms with Crippen molar-refractivity contribution in [3.05, 3.63) is 0 Å². The fourth-order valence-electron chi connectivity index (χ4n) is 1.91. The maximum Gasteiger partial charge on any atom is 0.442 e. The molecule has 1 saturated heterocycles. The molecule has 1 unspecified atom stereocenters. The summed E-state index contributed by atoms with van der Waals surface area (Å²) >= 11 is -0.273. The Balaban J connectivity index is 0.00000289. The second kappa shape index (κ2) is 7.45. The van der Waals surface area contributed by atoms with E-state index in [2.05, 4.69) is 0 Å². The van der Waals surface area contributed by atoms with Gasteiger partial charge in [-0.25, -0.2) is 0 Å². The lowest BCUT2D eigenvalue weighted by Gasteiger charge is -2.33. The van der Waals surface area contributed by atoms with Crippen LogP contribution in [0.5, 0.6) is 0 Å². The molecule has 1 fully saturated rings. The number of carbonyl (C=O) groups is 1. The molecule has 2 N–H and O–H groups in total. The summed E-state index contributed by atoms with van der Waals surface area (Å²) < 4.78 is 35.8. The Kier molecular flexibility index (Phi) is 7.39. The van der Waals surface area contributed by atoms with Crippen LogP contribution < -0.4 is 5.73 Å². The van der Waals surface area contributed by atoms with Gasteiger partial charge in [0, 0.05) is 19.1 Å². The number of hydrogen-bond donors (Lipinski definition) is 1. The van der Waals surface area contributed by atoms with Gasteiger partial charge in [-0.2, -0.15) is 13.2 Å². The number of alkyl halides is 3. The molecular weight excluding hydrogens is 289 g/mol. The van der Waals surface area contributed by atoms with Crippen LogP contribution in [0, 0.1) is 5.92 Å². The van der Waals surface area contributed by atoms with Crippen LogP contribution in [-0.4, -0.2) is 41.2 Å². The Hall–Kier alpha value is -0.140. The molecule has 0 radical (unpaired) electrons. The molecule has 1 heterocycles. The van der Waals surface area contributed by atoms with Crippen molar-refractivity contribution in [3.8, 4) is 0 Å². The molecule has 0 spiro atoms. The van der Waals surface area contributed by atoms with Gasteiger partial charge in [-0.05, 0) is 37.4 Å². The third-order valence-corrected chi connectivity index (χ3v) is 3.71. The second-order valence-electron chi connectivity index (χ2n) is 4.31. The number of carbonyl (C=O) groups excluding carboxylic acids is 1. The third-order valence-electron chi connectivity index (χ3n) is 3.00. The Labute approximate surface area is 115 Å². The molecule has 1 aliphatic heterocycles. The number of nitrogens with two attached hydrogens (primary N) is 1. The first-order valence-corrected chi connectivity index (χ1v) is 6.52. The van der Waals surface area contributed by atoms with Crippen molar-refractivity contribution in [1.82, 2.24) is 4.90 Å². The van der Waals surface area contributed by atoms with E-state index in [1.807, 2.05) is 6.92 Å². The fourth-order valence-corrected chi connectivity index (χ4v) is 2.38. The highest BCUT2D eigenvalue weighted by Gasteiger charge is 2.31. The number of thioether (sulfide) groups is 1. The maximum atomic E-state index is 11.9. The SMILES string of the molecule is CC(N)C1CCN(C(=O)CSC(F)(F)F)CC1.Cl. The van der Waals surface area contributed by atoms with Gasteiger partial charge in [-0.3, -0.25) is 4.79 Å². The van der Waals surface area contributed by atoms with E-state index in [9.17, 15) is 18.0 Å². The van der Waals surface area contributed by atoms with Gasteiger partial charge in [0.05, 0.1) is 5.75 Å². The van der Waals surface area contributed by atoms with Gasteiger partial charge in [0.15, 0.2) is 0 Å². The van der Waals surface area contributed by atoms with Crippen LogP contribution in [0.25, 0.3) is 0 Å². The molecule has 1 aliphatic rings. The first-order valence-electron chi connectivity index (χ1n) is 5.53. The first-order chi connectivity index (χ1) is 7.79. The minimum Gasteiger partial charge on any atom is -0.342 e. The highest BCUT2D eigenvalue weighted by Crippen LogP contribution is 2.30. The molecule has 3 nitrogen and oxygen atoms in total. The van der Waals surface area contributed by atoms with E-state index in [1.165, 1.54) is 4.90 Å². The van der Waals surface area contributed by atoms with Gasteiger partial charge < -0.3 is 10.6 Å². The third kappa shape index (κ3) is 6.15. The predicted molar refractivity (Wildman–Crippen MR) is 68.7 cm³/mol. The summed E-state index contributed by atoms with van der Waals surface area (Å²) in [7, 11) is 0. The monoisotopic (exact) mass is 306 g/mol. The van der Waals surface area contributed by atoms with Crippen molar-refractivity contribution < 1.29 is 18.0 Å². The zero-order valence-electron chi connectivity index (χ0n) is 10.1. The fraction of sp³-hybridized carbons (Fsp3) is 0.900. The van der Waals surface area contributed by atoms with Gasteiger partial charge in [0.1, 0.15) is 0 Å². The number of amides is 1. The van der Waals surface area contributed by atoms with E-state index in [1.54, 1.807) is 0 Å². The van der Waals surface area contributed by atoms with Crippen LogP contribution in [-0.2, 0) is 4.79 Å². The maximum absolute atomic E-state index is 11.9. The van der Waals surface area contributed by atoms with Crippen LogP contribution in [0.1, 0.15) is 19.8 Å². The summed E-state index contributed by atoms with van der Waals surface area (Å²) in [6, 6.07) is 0.0804. The molecule has 0 saturated carbocycles. The molecule has 1 atom stereocenters. The molecule has 0 aromatic heterocycles. The van der Waals surface area contributed by atoms with Crippen LogP contribution in [0.4, 0.5) is 13.2 Å². The molecule has 0 aromatic rings. The molecular formula is C10H18ClF3N2OS. The summed E-state index contributed by atoms with van der Waals surface area (Å²) in [5.41, 5.74) is 1.41. The average molecular weight is 307 g/mol. The van der Waals surface area contributed by atoms with Gasteiger partial charge in [-0.15, -0.1) is 12.4 Å². The number of piperidine rings is 1. The lowest BCUT2D eigenvalue weighted by atomic mass is 9.91. The highest BCUT2D eigenvalue weighted by molar-refractivity contribution is 8.00. The van der Waals surface area contributed by atoms with Crippen LogP contribution in [0.15, 0.2) is 0 Å². The molecule has 0 bridgehead atoms. The molecule has 0 aliphatic carbocycles. The van der Waals surface area contributed by atoms with Crippen LogP contribution in [0.3, 0.4) is 0 Å². The van der Waals surface area contributed by atoms with E-state index in [0.29, 0.717) is 19.0 Å². The first kappa shape index (κ1) is 17.9. The number of nitrogens with zero attached hydrogens (tertiary/aromatic N) is 1. The number of hydrogen-bond acceptors (Lipinski definition) is 3. The zero-order chi connectivity index (χ0) is 13.1. The number of halogens is 4. The summed E-state index contributed by atoms with van der Waals surface area (Å²) in [5.74, 6) is -0.587. The molecule has 0 aromatic carbocycles. The zero-order valence-corrected chi connectivity index (χ0v) is 11.7. The molecule has 108 valence electrons. The predicted octanol–water partition coefficient (Wildman–Crippen LogP) is 2.25. The Morgan fingerprint density at radius 1 is 1.44 bits per heavy atom.